The van der Waals surface area contributed by atoms with Gasteiger partial charge in [0.2, 0.25) is 0 Å². The van der Waals surface area contributed by atoms with Crippen molar-refractivity contribution in [3.05, 3.63) is 83.7 Å². The largest absolute Gasteiger partial charge is 0.490 e. The molecule has 0 saturated heterocycles. The second-order valence-corrected chi connectivity index (χ2v) is 14.4. The number of nitrogens with one attached hydrogen (secondary N) is 2. The standard InChI is InChI=1S/C36H47FN4O7S/c1-24-9-16-31(17-10-24)49(45,46)39-30-15-18-33-32(20-30)35(43)41(26(3)23-42)21-25(2)34(47-19-7-6-8-27(4)48-33)22-40(5)36(44)38-29-13-11-28(37)12-14-29/h9-18,20,25-27,34,39,42H,6-8,19,21-23H2,1-5H3,(H,38,44)/t25-,26+,27+,34-/m0/s1. The number of aryl methyl sites for hydroxylation is 1. The van der Waals surface area contributed by atoms with Gasteiger partial charge >= 0.3 is 6.03 Å². The second kappa shape index (κ2) is 17.0. The summed E-state index contributed by atoms with van der Waals surface area (Å²) < 4.78 is 54.9. The van der Waals surface area contributed by atoms with Crippen LogP contribution in [0.25, 0.3) is 0 Å². The van der Waals surface area contributed by atoms with E-state index < -0.39 is 39.9 Å². The number of hydrogen-bond donors (Lipinski definition) is 3. The predicted molar refractivity (Wildman–Crippen MR) is 187 cm³/mol. The Morgan fingerprint density at radius 1 is 1.06 bits per heavy atom. The monoisotopic (exact) mass is 698 g/mol. The Hall–Kier alpha value is -4.20. The highest BCUT2D eigenvalue weighted by Gasteiger charge is 2.31. The number of likely N-dealkylation sites (N-methyl/N-ethyl adjacent to an activating group) is 1. The lowest BCUT2D eigenvalue weighted by Crippen LogP contribution is -2.48. The van der Waals surface area contributed by atoms with E-state index in [4.69, 9.17) is 9.47 Å². The number of ether oxygens (including phenoxy) is 2. The van der Waals surface area contributed by atoms with Gasteiger partial charge in [0, 0.05) is 44.0 Å². The lowest BCUT2D eigenvalue weighted by molar-refractivity contribution is -0.0115. The Morgan fingerprint density at radius 2 is 1.73 bits per heavy atom. The van der Waals surface area contributed by atoms with Gasteiger partial charge in [0.1, 0.15) is 11.6 Å². The lowest BCUT2D eigenvalue weighted by atomic mass is 10.0. The molecule has 0 radical (unpaired) electrons. The van der Waals surface area contributed by atoms with Crippen molar-refractivity contribution >= 4 is 33.3 Å². The van der Waals surface area contributed by atoms with Crippen LogP contribution in [0, 0.1) is 18.7 Å². The molecule has 49 heavy (non-hydrogen) atoms. The van der Waals surface area contributed by atoms with Crippen molar-refractivity contribution in [2.45, 2.75) is 70.1 Å². The normalized spacial score (nSPS) is 19.9. The molecule has 3 aromatic carbocycles. The molecule has 0 fully saturated rings. The van der Waals surface area contributed by atoms with Gasteiger partial charge in [-0.15, -0.1) is 0 Å². The van der Waals surface area contributed by atoms with Crippen LogP contribution < -0.4 is 14.8 Å². The predicted octanol–water partition coefficient (Wildman–Crippen LogP) is 5.89. The first kappa shape index (κ1) is 37.6. The van der Waals surface area contributed by atoms with E-state index >= 15 is 0 Å². The molecule has 3 N–H and O–H groups in total. The number of benzene rings is 3. The van der Waals surface area contributed by atoms with Gasteiger partial charge < -0.3 is 29.7 Å². The van der Waals surface area contributed by atoms with Crippen molar-refractivity contribution in [1.82, 2.24) is 9.80 Å². The fourth-order valence-corrected chi connectivity index (χ4v) is 6.53. The van der Waals surface area contributed by atoms with Crippen molar-refractivity contribution in [1.29, 1.82) is 0 Å². The summed E-state index contributed by atoms with van der Waals surface area (Å²) >= 11 is 0. The summed E-state index contributed by atoms with van der Waals surface area (Å²) in [6, 6.07) is 15.5. The Bertz CT molecular complexity index is 1670. The van der Waals surface area contributed by atoms with Gasteiger partial charge in [-0.2, -0.15) is 0 Å². The molecule has 11 nitrogen and oxygen atoms in total. The number of sulfonamides is 1. The van der Waals surface area contributed by atoms with Gasteiger partial charge in [-0.05, 0) is 94.6 Å². The van der Waals surface area contributed by atoms with Gasteiger partial charge in [-0.25, -0.2) is 17.6 Å². The summed E-state index contributed by atoms with van der Waals surface area (Å²) in [5.41, 5.74) is 1.70. The maximum absolute atomic E-state index is 14.4. The van der Waals surface area contributed by atoms with E-state index in [1.165, 1.54) is 52.3 Å². The Labute approximate surface area is 288 Å². The van der Waals surface area contributed by atoms with Crippen molar-refractivity contribution in [2.75, 3.05) is 43.4 Å². The number of halogens is 1. The van der Waals surface area contributed by atoms with Crippen LogP contribution in [0.1, 0.15) is 56.0 Å². The topological polar surface area (TPSA) is 138 Å². The average Bonchev–Trinajstić information content (AvgIpc) is 3.07. The van der Waals surface area contributed by atoms with Crippen LogP contribution in [-0.2, 0) is 14.8 Å². The smallest absolute Gasteiger partial charge is 0.321 e. The SMILES string of the molecule is Cc1ccc(S(=O)(=O)Nc2ccc3c(c2)C(=O)N([C@H](C)CO)C[C@H](C)[C@H](CN(C)C(=O)Nc2ccc(F)cc2)OCCCC[C@@H](C)O3)cc1. The van der Waals surface area contributed by atoms with E-state index in [1.54, 1.807) is 38.2 Å². The molecular weight excluding hydrogens is 651 g/mol. The highest BCUT2D eigenvalue weighted by atomic mass is 32.2. The zero-order valence-electron chi connectivity index (χ0n) is 28.7. The molecule has 1 heterocycles. The fourth-order valence-electron chi connectivity index (χ4n) is 5.49. The number of aliphatic hydroxyl groups is 1. The number of anilines is 2. The summed E-state index contributed by atoms with van der Waals surface area (Å²) in [4.78, 5) is 30.5. The minimum Gasteiger partial charge on any atom is -0.490 e. The van der Waals surface area contributed by atoms with Crippen LogP contribution in [0.2, 0.25) is 0 Å². The molecule has 0 saturated carbocycles. The molecule has 13 heteroatoms. The van der Waals surface area contributed by atoms with Gasteiger partial charge in [0.05, 0.1) is 35.3 Å². The van der Waals surface area contributed by atoms with E-state index in [1.807, 2.05) is 20.8 Å². The number of hydrogen-bond acceptors (Lipinski definition) is 7. The maximum Gasteiger partial charge on any atom is 0.321 e. The van der Waals surface area contributed by atoms with E-state index in [0.717, 1.165) is 18.4 Å². The number of urea groups is 1. The van der Waals surface area contributed by atoms with Crippen molar-refractivity contribution in [3.8, 4) is 5.75 Å². The Morgan fingerprint density at radius 3 is 2.41 bits per heavy atom. The third-order valence-electron chi connectivity index (χ3n) is 8.53. The molecule has 0 spiro atoms. The zero-order chi connectivity index (χ0) is 35.7. The fraction of sp³-hybridized carbons (Fsp3) is 0.444. The van der Waals surface area contributed by atoms with Gasteiger partial charge in [-0.1, -0.05) is 24.6 Å². The average molecular weight is 699 g/mol. The van der Waals surface area contributed by atoms with E-state index in [0.29, 0.717) is 24.5 Å². The van der Waals surface area contributed by atoms with Crippen LogP contribution in [0.3, 0.4) is 0 Å². The molecule has 1 aliphatic rings. The molecular formula is C36H47FN4O7S. The van der Waals surface area contributed by atoms with Crippen molar-refractivity contribution < 1.29 is 37.0 Å². The summed E-state index contributed by atoms with van der Waals surface area (Å²) in [7, 11) is -2.32. The molecule has 266 valence electrons. The van der Waals surface area contributed by atoms with E-state index in [-0.39, 0.29) is 47.9 Å². The summed E-state index contributed by atoms with van der Waals surface area (Å²) in [5.74, 6) is -0.854. The van der Waals surface area contributed by atoms with Gasteiger partial charge in [0.15, 0.2) is 0 Å². The van der Waals surface area contributed by atoms with Crippen molar-refractivity contribution in [3.63, 3.8) is 0 Å². The molecule has 3 amide bonds. The number of carbonyl (C=O) groups is 2. The molecule has 4 rings (SSSR count). The first-order valence-electron chi connectivity index (χ1n) is 16.5. The van der Waals surface area contributed by atoms with Gasteiger partial charge in [-0.3, -0.25) is 9.52 Å². The third kappa shape index (κ3) is 10.4. The second-order valence-electron chi connectivity index (χ2n) is 12.7. The number of aliphatic hydroxyl groups excluding tert-OH is 1. The summed E-state index contributed by atoms with van der Waals surface area (Å²) in [6.45, 7) is 7.87. The minimum atomic E-state index is -3.95. The van der Waals surface area contributed by atoms with Crippen LogP contribution in [0.15, 0.2) is 71.6 Å². The quantitative estimate of drug-likeness (QED) is 0.267. The highest BCUT2D eigenvalue weighted by Crippen LogP contribution is 2.29. The summed E-state index contributed by atoms with van der Waals surface area (Å²) in [5, 5.41) is 13.0. The molecule has 4 atom stereocenters. The lowest BCUT2D eigenvalue weighted by Gasteiger charge is -2.35. The summed E-state index contributed by atoms with van der Waals surface area (Å²) in [6.07, 6.45) is 1.47. The van der Waals surface area contributed by atoms with E-state index in [9.17, 15) is 27.5 Å². The number of amides is 3. The van der Waals surface area contributed by atoms with Crippen LogP contribution in [0.5, 0.6) is 5.75 Å². The molecule has 1 aliphatic heterocycles. The minimum absolute atomic E-state index is 0.0843. The van der Waals surface area contributed by atoms with Crippen molar-refractivity contribution in [2.24, 2.45) is 5.92 Å². The van der Waals surface area contributed by atoms with Crippen LogP contribution >= 0.6 is 0 Å². The molecule has 3 aromatic rings. The number of nitrogens with zero attached hydrogens (tertiary/aromatic N) is 2. The first-order valence-corrected chi connectivity index (χ1v) is 18.0. The molecule has 0 aromatic heterocycles. The number of fused-ring (bicyclic) bond motifs is 1. The van der Waals surface area contributed by atoms with E-state index in [2.05, 4.69) is 10.0 Å². The highest BCUT2D eigenvalue weighted by molar-refractivity contribution is 7.92. The maximum atomic E-state index is 14.4. The number of carbonyl (C=O) groups excluding carboxylic acids is 2. The van der Waals surface area contributed by atoms with Gasteiger partial charge in [0.25, 0.3) is 15.9 Å². The Kier molecular flexibility index (Phi) is 13.0. The van der Waals surface area contributed by atoms with Crippen LogP contribution in [0.4, 0.5) is 20.6 Å². The Balaban J connectivity index is 1.62. The zero-order valence-corrected chi connectivity index (χ0v) is 29.5. The first-order chi connectivity index (χ1) is 23.3. The molecule has 0 unspecified atom stereocenters. The molecule has 0 bridgehead atoms. The number of rotatable bonds is 8. The third-order valence-corrected chi connectivity index (χ3v) is 9.93. The molecule has 0 aliphatic carbocycles. The van der Waals surface area contributed by atoms with Crippen LogP contribution in [-0.4, -0.2) is 86.9 Å².